The van der Waals surface area contributed by atoms with Gasteiger partial charge in [0, 0.05) is 11.8 Å². The van der Waals surface area contributed by atoms with Crippen LogP contribution in [-0.4, -0.2) is 4.98 Å². The molecule has 0 saturated heterocycles. The number of aryl methyl sites for hydroxylation is 2. The van der Waals surface area contributed by atoms with Crippen molar-refractivity contribution in [2.75, 3.05) is 0 Å². The summed E-state index contributed by atoms with van der Waals surface area (Å²) >= 11 is 0. The van der Waals surface area contributed by atoms with E-state index in [9.17, 15) is 0 Å². The number of hydrogen-bond donors (Lipinski definition) is 0. The fourth-order valence-electron chi connectivity index (χ4n) is 2.76. The lowest BCUT2D eigenvalue weighted by atomic mass is 10.1. The lowest BCUT2D eigenvalue weighted by molar-refractivity contribution is 0.631. The number of rotatable bonds is 8. The maximum atomic E-state index is 4.48. The van der Waals surface area contributed by atoms with Crippen molar-refractivity contribution in [1.82, 2.24) is 4.98 Å². The Bertz CT molecular complexity index is 641. The van der Waals surface area contributed by atoms with Crippen LogP contribution in [0, 0.1) is 11.8 Å². The van der Waals surface area contributed by atoms with Gasteiger partial charge >= 0.3 is 0 Å². The van der Waals surface area contributed by atoms with Crippen molar-refractivity contribution in [3.8, 4) is 11.8 Å². The van der Waals surface area contributed by atoms with Crippen LogP contribution in [0.15, 0.2) is 42.6 Å². The summed E-state index contributed by atoms with van der Waals surface area (Å²) in [5, 5.41) is 0. The van der Waals surface area contributed by atoms with E-state index in [1.807, 2.05) is 12.3 Å². The van der Waals surface area contributed by atoms with Crippen molar-refractivity contribution in [3.63, 3.8) is 0 Å². The van der Waals surface area contributed by atoms with Gasteiger partial charge in [-0.3, -0.25) is 0 Å². The SMILES string of the molecule is CCCCCCCc1ccc(C#Cc2ccc(CCC)cc2)nc1. The molecule has 0 fully saturated rings. The Morgan fingerprint density at radius 3 is 2.12 bits per heavy atom. The largest absolute Gasteiger partial charge is 0.248 e. The molecule has 0 atom stereocenters. The van der Waals surface area contributed by atoms with Crippen molar-refractivity contribution in [2.24, 2.45) is 0 Å². The Morgan fingerprint density at radius 2 is 1.46 bits per heavy atom. The zero-order valence-electron chi connectivity index (χ0n) is 15.1. The molecule has 0 spiro atoms. The fourth-order valence-corrected chi connectivity index (χ4v) is 2.76. The Kier molecular flexibility index (Phi) is 8.11. The maximum Gasteiger partial charge on any atom is 0.113 e. The van der Waals surface area contributed by atoms with Gasteiger partial charge in [-0.1, -0.05) is 70.1 Å². The first kappa shape index (κ1) is 18.3. The third-order valence-electron chi connectivity index (χ3n) is 4.22. The third-order valence-corrected chi connectivity index (χ3v) is 4.22. The van der Waals surface area contributed by atoms with Crippen molar-refractivity contribution in [3.05, 3.63) is 65.0 Å². The second kappa shape index (κ2) is 10.7. The summed E-state index contributed by atoms with van der Waals surface area (Å²) in [4.78, 5) is 4.48. The Hall–Kier alpha value is -2.07. The topological polar surface area (TPSA) is 12.9 Å². The van der Waals surface area contributed by atoms with Crippen LogP contribution in [0.2, 0.25) is 0 Å². The van der Waals surface area contributed by atoms with E-state index in [1.165, 1.54) is 49.7 Å². The minimum Gasteiger partial charge on any atom is -0.248 e. The lowest BCUT2D eigenvalue weighted by Crippen LogP contribution is -1.90. The highest BCUT2D eigenvalue weighted by molar-refractivity contribution is 5.41. The molecular weight excluding hydrogens is 290 g/mol. The number of aromatic nitrogens is 1. The van der Waals surface area contributed by atoms with Crippen molar-refractivity contribution in [1.29, 1.82) is 0 Å². The first-order valence-corrected chi connectivity index (χ1v) is 9.37. The van der Waals surface area contributed by atoms with E-state index < -0.39 is 0 Å². The molecule has 0 aliphatic carbocycles. The third kappa shape index (κ3) is 6.59. The molecular formula is C23H29N. The molecule has 126 valence electrons. The average molecular weight is 319 g/mol. The molecule has 0 bridgehead atoms. The molecule has 1 heteroatoms. The summed E-state index contributed by atoms with van der Waals surface area (Å²) in [6.07, 6.45) is 12.0. The lowest BCUT2D eigenvalue weighted by Gasteiger charge is -2.01. The molecule has 0 amide bonds. The van der Waals surface area contributed by atoms with Gasteiger partial charge in [-0.15, -0.1) is 0 Å². The van der Waals surface area contributed by atoms with E-state index in [0.717, 1.165) is 24.1 Å². The first-order valence-electron chi connectivity index (χ1n) is 9.37. The molecule has 0 unspecified atom stereocenters. The van der Waals surface area contributed by atoms with Crippen molar-refractivity contribution >= 4 is 0 Å². The normalized spacial score (nSPS) is 10.2. The number of pyridine rings is 1. The quantitative estimate of drug-likeness (QED) is 0.433. The Morgan fingerprint density at radius 1 is 0.708 bits per heavy atom. The average Bonchev–Trinajstić information content (AvgIpc) is 2.62. The summed E-state index contributed by atoms with van der Waals surface area (Å²) in [5.41, 5.74) is 4.60. The van der Waals surface area contributed by atoms with Crippen LogP contribution < -0.4 is 0 Å². The van der Waals surface area contributed by atoms with E-state index in [2.05, 4.69) is 61.0 Å². The highest BCUT2D eigenvalue weighted by Crippen LogP contribution is 2.09. The zero-order valence-corrected chi connectivity index (χ0v) is 15.1. The maximum absolute atomic E-state index is 4.48. The van der Waals surface area contributed by atoms with Gasteiger partial charge < -0.3 is 0 Å². The van der Waals surface area contributed by atoms with Crippen LogP contribution in [0.4, 0.5) is 0 Å². The van der Waals surface area contributed by atoms with Gasteiger partial charge in [0.2, 0.25) is 0 Å². The second-order valence-corrected chi connectivity index (χ2v) is 6.41. The Balaban J connectivity index is 1.85. The fraction of sp³-hybridized carbons (Fsp3) is 0.435. The molecule has 0 saturated carbocycles. The molecule has 1 aromatic heterocycles. The van der Waals surface area contributed by atoms with Crippen LogP contribution in [0.5, 0.6) is 0 Å². The first-order chi connectivity index (χ1) is 11.8. The summed E-state index contributed by atoms with van der Waals surface area (Å²) < 4.78 is 0. The van der Waals surface area contributed by atoms with Crippen molar-refractivity contribution in [2.45, 2.75) is 65.2 Å². The number of unbranched alkanes of at least 4 members (excludes halogenated alkanes) is 4. The van der Waals surface area contributed by atoms with Gasteiger partial charge in [-0.05, 0) is 54.5 Å². The van der Waals surface area contributed by atoms with Gasteiger partial charge in [0.25, 0.3) is 0 Å². The highest BCUT2D eigenvalue weighted by atomic mass is 14.7. The standard InChI is InChI=1S/C23H29N/c1-3-5-6-7-8-10-22-16-18-23(24-19-22)17-15-21-13-11-20(9-4-2)12-14-21/h11-14,16,18-19H,3-10H2,1-2H3. The van der Waals surface area contributed by atoms with Crippen molar-refractivity contribution < 1.29 is 0 Å². The summed E-state index contributed by atoms with van der Waals surface area (Å²) in [6.45, 7) is 4.46. The molecule has 2 rings (SSSR count). The minimum absolute atomic E-state index is 0.849. The number of benzene rings is 1. The number of hydrogen-bond acceptors (Lipinski definition) is 1. The van der Waals surface area contributed by atoms with Crippen LogP contribution in [-0.2, 0) is 12.8 Å². The zero-order chi connectivity index (χ0) is 17.0. The molecule has 0 N–H and O–H groups in total. The predicted octanol–water partition coefficient (Wildman–Crippen LogP) is 5.95. The van der Waals surface area contributed by atoms with Crippen LogP contribution in [0.25, 0.3) is 0 Å². The van der Waals surface area contributed by atoms with E-state index in [0.29, 0.717) is 0 Å². The molecule has 0 radical (unpaired) electrons. The molecule has 0 aliphatic rings. The molecule has 0 aliphatic heterocycles. The van der Waals surface area contributed by atoms with E-state index in [-0.39, 0.29) is 0 Å². The van der Waals surface area contributed by atoms with E-state index in [1.54, 1.807) is 0 Å². The molecule has 1 nitrogen and oxygen atoms in total. The van der Waals surface area contributed by atoms with E-state index >= 15 is 0 Å². The van der Waals surface area contributed by atoms with Gasteiger partial charge in [0.05, 0.1) is 0 Å². The van der Waals surface area contributed by atoms with Crippen LogP contribution >= 0.6 is 0 Å². The van der Waals surface area contributed by atoms with Crippen LogP contribution in [0.1, 0.15) is 74.8 Å². The molecule has 1 aromatic carbocycles. The molecule has 24 heavy (non-hydrogen) atoms. The van der Waals surface area contributed by atoms with Gasteiger partial charge in [0.15, 0.2) is 0 Å². The molecule has 1 heterocycles. The molecule has 2 aromatic rings. The smallest absolute Gasteiger partial charge is 0.113 e. The van der Waals surface area contributed by atoms with Gasteiger partial charge in [-0.25, -0.2) is 4.98 Å². The number of nitrogens with zero attached hydrogens (tertiary/aromatic N) is 1. The van der Waals surface area contributed by atoms with Crippen LogP contribution in [0.3, 0.4) is 0 Å². The Labute approximate surface area is 147 Å². The van der Waals surface area contributed by atoms with E-state index in [4.69, 9.17) is 0 Å². The second-order valence-electron chi connectivity index (χ2n) is 6.41. The summed E-state index contributed by atoms with van der Waals surface area (Å²) in [5.74, 6) is 6.37. The minimum atomic E-state index is 0.849. The predicted molar refractivity (Wildman–Crippen MR) is 103 cm³/mol. The highest BCUT2D eigenvalue weighted by Gasteiger charge is 1.96. The van der Waals surface area contributed by atoms with Gasteiger partial charge in [0.1, 0.15) is 5.69 Å². The van der Waals surface area contributed by atoms with Gasteiger partial charge in [-0.2, -0.15) is 0 Å². The monoisotopic (exact) mass is 319 g/mol. The summed E-state index contributed by atoms with van der Waals surface area (Å²) in [7, 11) is 0. The summed E-state index contributed by atoms with van der Waals surface area (Å²) in [6, 6.07) is 12.7.